The van der Waals surface area contributed by atoms with E-state index in [9.17, 15) is 9.36 Å². The SMILES string of the molecule is CCCCCCCCCCCCOC(OP(=O)(O)O)C(=O)O. The summed E-state index contributed by atoms with van der Waals surface area (Å²) in [6.45, 7) is 2.30. The van der Waals surface area contributed by atoms with E-state index in [4.69, 9.17) is 19.6 Å². The molecule has 0 saturated heterocycles. The fraction of sp³-hybridized carbons (Fsp3) is 0.929. The van der Waals surface area contributed by atoms with E-state index < -0.39 is 20.1 Å². The molecule has 8 heteroatoms. The van der Waals surface area contributed by atoms with Crippen LogP contribution in [0.1, 0.15) is 71.1 Å². The van der Waals surface area contributed by atoms with Crippen LogP contribution in [0.3, 0.4) is 0 Å². The van der Waals surface area contributed by atoms with Gasteiger partial charge in [0.1, 0.15) is 0 Å². The van der Waals surface area contributed by atoms with Gasteiger partial charge in [0, 0.05) is 0 Å². The quantitative estimate of drug-likeness (QED) is 0.238. The van der Waals surface area contributed by atoms with E-state index in [0.29, 0.717) is 6.42 Å². The monoisotopic (exact) mass is 340 g/mol. The summed E-state index contributed by atoms with van der Waals surface area (Å²) in [6.07, 6.45) is 9.44. The van der Waals surface area contributed by atoms with Crippen LogP contribution in [-0.2, 0) is 18.6 Å². The predicted molar refractivity (Wildman–Crippen MR) is 82.3 cm³/mol. The Labute approximate surface area is 132 Å². The van der Waals surface area contributed by atoms with Crippen molar-refractivity contribution in [2.45, 2.75) is 77.4 Å². The Balaban J connectivity index is 3.50. The molecule has 0 fully saturated rings. The second-order valence-electron chi connectivity index (χ2n) is 5.32. The number of hydrogen-bond acceptors (Lipinski definition) is 4. The predicted octanol–water partition coefficient (Wildman–Crippen LogP) is 3.44. The number of ether oxygens (including phenoxy) is 1. The molecule has 132 valence electrons. The number of carbonyl (C=O) groups is 1. The Hall–Kier alpha value is -0.460. The third-order valence-corrected chi connectivity index (χ3v) is 3.67. The molecule has 0 spiro atoms. The van der Waals surface area contributed by atoms with Crippen LogP contribution < -0.4 is 0 Å². The van der Waals surface area contributed by atoms with Gasteiger partial charge >= 0.3 is 13.8 Å². The van der Waals surface area contributed by atoms with Gasteiger partial charge in [-0.2, -0.15) is 0 Å². The molecule has 0 amide bonds. The standard InChI is InChI=1S/C14H29O7P/c1-2-3-4-5-6-7-8-9-10-11-12-20-14(13(15)16)21-22(17,18)19/h14H,2-12H2,1H3,(H,15,16)(H2,17,18,19). The van der Waals surface area contributed by atoms with E-state index in [2.05, 4.69) is 11.4 Å². The van der Waals surface area contributed by atoms with Gasteiger partial charge in [-0.05, 0) is 6.42 Å². The molecule has 0 aliphatic rings. The number of unbranched alkanes of at least 4 members (excludes halogenated alkanes) is 9. The van der Waals surface area contributed by atoms with Crippen LogP contribution in [0.25, 0.3) is 0 Å². The van der Waals surface area contributed by atoms with Crippen molar-refractivity contribution in [3.05, 3.63) is 0 Å². The molecule has 0 aromatic heterocycles. The number of phosphoric ester groups is 1. The maximum absolute atomic E-state index is 10.7. The lowest BCUT2D eigenvalue weighted by Gasteiger charge is -2.14. The zero-order chi connectivity index (χ0) is 16.8. The number of phosphoric acid groups is 1. The minimum absolute atomic E-state index is 0.105. The van der Waals surface area contributed by atoms with Crippen LogP contribution in [0, 0.1) is 0 Å². The lowest BCUT2D eigenvalue weighted by Crippen LogP contribution is -2.26. The zero-order valence-corrected chi connectivity index (χ0v) is 14.2. The van der Waals surface area contributed by atoms with Crippen molar-refractivity contribution in [2.75, 3.05) is 6.61 Å². The lowest BCUT2D eigenvalue weighted by atomic mass is 10.1. The first-order valence-corrected chi connectivity index (χ1v) is 9.48. The normalized spacial score (nSPS) is 13.2. The molecule has 7 nitrogen and oxygen atoms in total. The van der Waals surface area contributed by atoms with E-state index in [-0.39, 0.29) is 6.61 Å². The average molecular weight is 340 g/mol. The highest BCUT2D eigenvalue weighted by Crippen LogP contribution is 2.37. The van der Waals surface area contributed by atoms with E-state index >= 15 is 0 Å². The third-order valence-electron chi connectivity index (χ3n) is 3.20. The average Bonchev–Trinajstić information content (AvgIpc) is 2.42. The second-order valence-corrected chi connectivity index (χ2v) is 6.51. The molecule has 0 aliphatic carbocycles. The summed E-state index contributed by atoms with van der Waals surface area (Å²) in [5.41, 5.74) is 0. The van der Waals surface area contributed by atoms with Gasteiger partial charge in [0.25, 0.3) is 6.29 Å². The van der Waals surface area contributed by atoms with Crippen LogP contribution in [0.4, 0.5) is 0 Å². The van der Waals surface area contributed by atoms with E-state index in [1.807, 2.05) is 0 Å². The highest BCUT2D eigenvalue weighted by atomic mass is 31.2. The van der Waals surface area contributed by atoms with Gasteiger partial charge in [-0.25, -0.2) is 13.9 Å². The van der Waals surface area contributed by atoms with Crippen molar-refractivity contribution in [3.63, 3.8) is 0 Å². The topological polar surface area (TPSA) is 113 Å². The van der Waals surface area contributed by atoms with Crippen molar-refractivity contribution in [2.24, 2.45) is 0 Å². The van der Waals surface area contributed by atoms with Crippen LogP contribution in [0.2, 0.25) is 0 Å². The summed E-state index contributed by atoms with van der Waals surface area (Å²) in [6, 6.07) is 0. The molecule has 1 atom stereocenters. The van der Waals surface area contributed by atoms with Gasteiger partial charge in [-0.1, -0.05) is 64.7 Å². The van der Waals surface area contributed by atoms with Gasteiger partial charge in [-0.15, -0.1) is 0 Å². The number of carboxylic acid groups (broad SMARTS) is 1. The fourth-order valence-electron chi connectivity index (χ4n) is 2.05. The van der Waals surface area contributed by atoms with Crippen molar-refractivity contribution in [3.8, 4) is 0 Å². The Morgan fingerprint density at radius 2 is 1.41 bits per heavy atom. The summed E-state index contributed by atoms with van der Waals surface area (Å²) in [5.74, 6) is -1.55. The smallest absolute Gasteiger partial charge is 0.472 e. The fourth-order valence-corrected chi connectivity index (χ4v) is 2.45. The van der Waals surface area contributed by atoms with Crippen molar-refractivity contribution < 1.29 is 33.5 Å². The van der Waals surface area contributed by atoms with E-state index in [1.54, 1.807) is 0 Å². The van der Waals surface area contributed by atoms with Crippen LogP contribution in [0.5, 0.6) is 0 Å². The number of aliphatic carboxylic acids is 1. The molecule has 0 saturated carbocycles. The maximum atomic E-state index is 10.7. The second kappa shape index (κ2) is 13.0. The summed E-state index contributed by atoms with van der Waals surface area (Å²) in [5, 5.41) is 8.70. The largest absolute Gasteiger partial charge is 0.477 e. The van der Waals surface area contributed by atoms with Gasteiger partial charge in [0.2, 0.25) is 0 Å². The molecule has 0 rings (SSSR count). The van der Waals surface area contributed by atoms with Gasteiger partial charge < -0.3 is 19.6 Å². The van der Waals surface area contributed by atoms with Gasteiger partial charge in [0.05, 0.1) is 6.61 Å². The summed E-state index contributed by atoms with van der Waals surface area (Å²) >= 11 is 0. The van der Waals surface area contributed by atoms with Gasteiger partial charge in [0.15, 0.2) is 0 Å². The van der Waals surface area contributed by atoms with E-state index in [0.717, 1.165) is 19.3 Å². The number of carboxylic acids is 1. The zero-order valence-electron chi connectivity index (χ0n) is 13.3. The van der Waals surface area contributed by atoms with Crippen molar-refractivity contribution in [1.82, 2.24) is 0 Å². The van der Waals surface area contributed by atoms with Crippen LogP contribution in [-0.4, -0.2) is 33.8 Å². The summed E-state index contributed by atoms with van der Waals surface area (Å²) < 4.78 is 19.4. The lowest BCUT2D eigenvalue weighted by molar-refractivity contribution is -0.173. The molecule has 1 unspecified atom stereocenters. The first kappa shape index (κ1) is 21.5. The third kappa shape index (κ3) is 14.5. The Morgan fingerprint density at radius 3 is 1.82 bits per heavy atom. The summed E-state index contributed by atoms with van der Waals surface area (Å²) in [4.78, 5) is 27.8. The Bertz CT molecular complexity index is 329. The van der Waals surface area contributed by atoms with Crippen molar-refractivity contribution >= 4 is 13.8 Å². The molecule has 0 aromatic carbocycles. The number of rotatable bonds is 15. The number of hydrogen-bond donors (Lipinski definition) is 3. The molecular formula is C14H29O7P. The van der Waals surface area contributed by atoms with Crippen molar-refractivity contribution in [1.29, 1.82) is 0 Å². The highest BCUT2D eigenvalue weighted by Gasteiger charge is 2.28. The first-order valence-electron chi connectivity index (χ1n) is 7.95. The highest BCUT2D eigenvalue weighted by molar-refractivity contribution is 7.46. The minimum atomic E-state index is -4.86. The molecule has 0 radical (unpaired) electrons. The molecule has 0 heterocycles. The molecule has 0 bridgehead atoms. The molecule has 3 N–H and O–H groups in total. The molecule has 22 heavy (non-hydrogen) atoms. The van der Waals surface area contributed by atoms with Crippen LogP contribution in [0.15, 0.2) is 0 Å². The van der Waals surface area contributed by atoms with Crippen LogP contribution >= 0.6 is 7.82 Å². The first-order chi connectivity index (χ1) is 10.4. The summed E-state index contributed by atoms with van der Waals surface area (Å²) in [7, 11) is -4.86. The van der Waals surface area contributed by atoms with Gasteiger partial charge in [-0.3, -0.25) is 0 Å². The maximum Gasteiger partial charge on any atom is 0.472 e. The van der Waals surface area contributed by atoms with E-state index in [1.165, 1.54) is 38.5 Å². The Kier molecular flexibility index (Phi) is 12.8. The molecule has 0 aromatic rings. The Morgan fingerprint density at radius 1 is 0.955 bits per heavy atom. The molecule has 0 aliphatic heterocycles. The molecular weight excluding hydrogens is 311 g/mol. The minimum Gasteiger partial charge on any atom is -0.477 e.